The van der Waals surface area contributed by atoms with Crippen LogP contribution < -0.4 is 4.90 Å². The summed E-state index contributed by atoms with van der Waals surface area (Å²) in [6.45, 7) is 4.48. The first kappa shape index (κ1) is 11.0. The fourth-order valence-electron chi connectivity index (χ4n) is 1.78. The van der Waals surface area contributed by atoms with E-state index < -0.39 is 0 Å². The molecule has 0 bridgehead atoms. The smallest absolute Gasteiger partial charge is 0.0552 e. The van der Waals surface area contributed by atoms with Crippen LogP contribution in [0.5, 0.6) is 0 Å². The van der Waals surface area contributed by atoms with Gasteiger partial charge in [0.2, 0.25) is 0 Å². The molecule has 2 heteroatoms. The predicted octanol–water partition coefficient (Wildman–Crippen LogP) is 3.10. The van der Waals surface area contributed by atoms with Gasteiger partial charge in [-0.3, -0.25) is 4.98 Å². The van der Waals surface area contributed by atoms with Gasteiger partial charge in [0.05, 0.1) is 11.9 Å². The van der Waals surface area contributed by atoms with Gasteiger partial charge in [-0.15, -0.1) is 0 Å². The van der Waals surface area contributed by atoms with Crippen LogP contribution in [-0.4, -0.2) is 18.1 Å². The molecule has 1 atom stereocenters. The molecule has 1 unspecified atom stereocenters. The monoisotopic (exact) mass is 192 g/mol. The molecule has 0 saturated heterocycles. The summed E-state index contributed by atoms with van der Waals surface area (Å²) in [6.07, 6.45) is 7.43. The van der Waals surface area contributed by atoms with E-state index in [0.29, 0.717) is 6.04 Å². The van der Waals surface area contributed by atoms with Gasteiger partial charge >= 0.3 is 0 Å². The third-order valence-electron chi connectivity index (χ3n) is 2.69. The van der Waals surface area contributed by atoms with Crippen molar-refractivity contribution in [1.29, 1.82) is 0 Å². The van der Waals surface area contributed by atoms with E-state index in [9.17, 15) is 0 Å². The van der Waals surface area contributed by atoms with Crippen LogP contribution in [0.4, 0.5) is 5.69 Å². The topological polar surface area (TPSA) is 16.1 Å². The molecule has 0 aromatic carbocycles. The third kappa shape index (κ3) is 2.72. The number of hydrogen-bond donors (Lipinski definition) is 0. The Morgan fingerprint density at radius 3 is 2.71 bits per heavy atom. The Bertz CT molecular complexity index is 246. The van der Waals surface area contributed by atoms with Gasteiger partial charge in [-0.25, -0.2) is 0 Å². The van der Waals surface area contributed by atoms with Crippen molar-refractivity contribution in [3.63, 3.8) is 0 Å². The number of hydrogen-bond acceptors (Lipinski definition) is 2. The molecular weight excluding hydrogens is 172 g/mol. The molecule has 78 valence electrons. The molecule has 1 aromatic rings. The summed E-state index contributed by atoms with van der Waals surface area (Å²) >= 11 is 0. The lowest BCUT2D eigenvalue weighted by Crippen LogP contribution is -2.30. The second-order valence-corrected chi connectivity index (χ2v) is 3.67. The molecule has 2 nitrogen and oxygen atoms in total. The Morgan fingerprint density at radius 1 is 1.43 bits per heavy atom. The van der Waals surface area contributed by atoms with Gasteiger partial charge in [0, 0.05) is 19.3 Å². The van der Waals surface area contributed by atoms with Gasteiger partial charge in [0.1, 0.15) is 0 Å². The summed E-state index contributed by atoms with van der Waals surface area (Å²) in [5.74, 6) is 0. The van der Waals surface area contributed by atoms with Crippen LogP contribution in [0, 0.1) is 0 Å². The Labute approximate surface area is 87.0 Å². The fraction of sp³-hybridized carbons (Fsp3) is 0.583. The van der Waals surface area contributed by atoms with Gasteiger partial charge < -0.3 is 4.90 Å². The Kier molecular flexibility index (Phi) is 4.44. The minimum absolute atomic E-state index is 0.643. The van der Waals surface area contributed by atoms with Crippen molar-refractivity contribution in [3.8, 4) is 0 Å². The number of rotatable bonds is 5. The minimum Gasteiger partial charge on any atom is -0.370 e. The molecule has 0 N–H and O–H groups in total. The summed E-state index contributed by atoms with van der Waals surface area (Å²) in [5, 5.41) is 0. The highest BCUT2D eigenvalue weighted by Gasteiger charge is 2.11. The highest BCUT2D eigenvalue weighted by molar-refractivity contribution is 5.43. The van der Waals surface area contributed by atoms with E-state index in [1.807, 2.05) is 18.5 Å². The van der Waals surface area contributed by atoms with E-state index in [4.69, 9.17) is 0 Å². The molecule has 0 spiro atoms. The first-order chi connectivity index (χ1) is 6.79. The van der Waals surface area contributed by atoms with Crippen molar-refractivity contribution in [3.05, 3.63) is 24.5 Å². The Morgan fingerprint density at radius 2 is 2.21 bits per heavy atom. The van der Waals surface area contributed by atoms with E-state index in [-0.39, 0.29) is 0 Å². The molecule has 0 aliphatic rings. The number of nitrogens with zero attached hydrogens (tertiary/aromatic N) is 2. The van der Waals surface area contributed by atoms with E-state index in [2.05, 4.69) is 36.8 Å². The zero-order valence-corrected chi connectivity index (χ0v) is 9.40. The minimum atomic E-state index is 0.643. The molecule has 0 aliphatic heterocycles. The standard InChI is InChI=1S/C12H20N2/c1-4-7-11(5-2)14(3)12-8-6-9-13-10-12/h6,8-11H,4-5,7H2,1-3H3. The maximum atomic E-state index is 4.14. The van der Waals surface area contributed by atoms with E-state index in [1.165, 1.54) is 24.9 Å². The Hall–Kier alpha value is -1.05. The predicted molar refractivity (Wildman–Crippen MR) is 61.6 cm³/mol. The SMILES string of the molecule is CCCC(CC)N(C)c1cccnc1. The van der Waals surface area contributed by atoms with Crippen LogP contribution in [-0.2, 0) is 0 Å². The second-order valence-electron chi connectivity index (χ2n) is 3.67. The van der Waals surface area contributed by atoms with Crippen molar-refractivity contribution < 1.29 is 0 Å². The van der Waals surface area contributed by atoms with Gasteiger partial charge in [0.15, 0.2) is 0 Å². The molecule has 0 radical (unpaired) electrons. The normalized spacial score (nSPS) is 12.5. The fourth-order valence-corrected chi connectivity index (χ4v) is 1.78. The highest BCUT2D eigenvalue weighted by Crippen LogP contribution is 2.17. The van der Waals surface area contributed by atoms with Crippen LogP contribution >= 0.6 is 0 Å². The van der Waals surface area contributed by atoms with E-state index in [1.54, 1.807) is 0 Å². The van der Waals surface area contributed by atoms with Gasteiger partial charge in [0.25, 0.3) is 0 Å². The molecule has 0 fully saturated rings. The van der Waals surface area contributed by atoms with Crippen LogP contribution in [0.15, 0.2) is 24.5 Å². The lowest BCUT2D eigenvalue weighted by Gasteiger charge is -2.28. The zero-order valence-electron chi connectivity index (χ0n) is 9.40. The van der Waals surface area contributed by atoms with Gasteiger partial charge in [-0.05, 0) is 25.0 Å². The lowest BCUT2D eigenvalue weighted by atomic mass is 10.1. The molecule has 0 amide bonds. The van der Waals surface area contributed by atoms with Crippen molar-refractivity contribution in [2.45, 2.75) is 39.2 Å². The first-order valence-corrected chi connectivity index (χ1v) is 5.42. The van der Waals surface area contributed by atoms with Gasteiger partial charge in [-0.2, -0.15) is 0 Å². The van der Waals surface area contributed by atoms with Crippen LogP contribution in [0.1, 0.15) is 33.1 Å². The maximum Gasteiger partial charge on any atom is 0.0552 e. The van der Waals surface area contributed by atoms with Crippen molar-refractivity contribution in [2.75, 3.05) is 11.9 Å². The quantitative estimate of drug-likeness (QED) is 0.712. The van der Waals surface area contributed by atoms with Crippen molar-refractivity contribution in [2.24, 2.45) is 0 Å². The van der Waals surface area contributed by atoms with E-state index >= 15 is 0 Å². The summed E-state index contributed by atoms with van der Waals surface area (Å²) in [4.78, 5) is 6.47. The molecule has 1 aromatic heterocycles. The van der Waals surface area contributed by atoms with Crippen LogP contribution in [0.25, 0.3) is 0 Å². The summed E-state index contributed by atoms with van der Waals surface area (Å²) in [7, 11) is 2.15. The molecule has 1 heterocycles. The molecule has 0 saturated carbocycles. The highest BCUT2D eigenvalue weighted by atomic mass is 15.1. The average molecular weight is 192 g/mol. The summed E-state index contributed by atoms with van der Waals surface area (Å²) in [6, 6.07) is 4.75. The molecule has 1 rings (SSSR count). The largest absolute Gasteiger partial charge is 0.370 e. The number of pyridine rings is 1. The summed E-state index contributed by atoms with van der Waals surface area (Å²) < 4.78 is 0. The molecule has 14 heavy (non-hydrogen) atoms. The van der Waals surface area contributed by atoms with Crippen LogP contribution in [0.2, 0.25) is 0 Å². The Balaban J connectivity index is 2.67. The van der Waals surface area contributed by atoms with Gasteiger partial charge in [-0.1, -0.05) is 20.3 Å². The number of aromatic nitrogens is 1. The summed E-state index contributed by atoms with van der Waals surface area (Å²) in [5.41, 5.74) is 1.22. The maximum absolute atomic E-state index is 4.14. The van der Waals surface area contributed by atoms with Crippen molar-refractivity contribution >= 4 is 5.69 Å². The average Bonchev–Trinajstić information content (AvgIpc) is 2.26. The molecular formula is C12H20N2. The number of anilines is 1. The van der Waals surface area contributed by atoms with Crippen LogP contribution in [0.3, 0.4) is 0 Å². The second kappa shape index (κ2) is 5.63. The lowest BCUT2D eigenvalue weighted by molar-refractivity contribution is 0.556. The zero-order chi connectivity index (χ0) is 10.4. The van der Waals surface area contributed by atoms with Crippen molar-refractivity contribution in [1.82, 2.24) is 4.98 Å². The third-order valence-corrected chi connectivity index (χ3v) is 2.69. The molecule has 0 aliphatic carbocycles. The first-order valence-electron chi connectivity index (χ1n) is 5.42. The van der Waals surface area contributed by atoms with E-state index in [0.717, 1.165) is 0 Å².